The molecular formula is C26H33N5O3. The van der Waals surface area contributed by atoms with Crippen molar-refractivity contribution in [2.24, 2.45) is 5.92 Å². The van der Waals surface area contributed by atoms with Gasteiger partial charge in [0, 0.05) is 49.9 Å². The van der Waals surface area contributed by atoms with Crippen LogP contribution < -0.4 is 5.32 Å². The number of piperazine rings is 1. The number of amides is 2. The van der Waals surface area contributed by atoms with Gasteiger partial charge in [-0.3, -0.25) is 14.5 Å². The topological polar surface area (TPSA) is 94.5 Å². The number of hydrogen-bond acceptors (Lipinski definition) is 5. The lowest BCUT2D eigenvalue weighted by atomic mass is 10.0. The number of nitrogens with one attached hydrogen (secondary N) is 2. The van der Waals surface area contributed by atoms with Crippen LogP contribution in [0.4, 0.5) is 0 Å². The fraction of sp³-hybridized carbons (Fsp3) is 0.423. The van der Waals surface area contributed by atoms with E-state index in [9.17, 15) is 9.59 Å². The number of carbonyl (C=O) groups excluding carboxylic acids is 2. The highest BCUT2D eigenvalue weighted by Gasteiger charge is 2.40. The van der Waals surface area contributed by atoms with E-state index >= 15 is 0 Å². The van der Waals surface area contributed by atoms with E-state index in [0.717, 1.165) is 28.4 Å². The standard InChI is InChI=1S/C26H33N5O3/c1-17(2)26(33)31-18(3)14-30(15-22-13-27-19(4)29-22)16-23(31)25(32)28-12-20-7-9-21(10-8-20)24-6-5-11-34-24/h5-11,13,17-18,23H,12,14-16H2,1-4H3,(H,27,29)(H,28,32). The number of benzene rings is 1. The fourth-order valence-electron chi connectivity index (χ4n) is 4.50. The summed E-state index contributed by atoms with van der Waals surface area (Å²) in [7, 11) is 0. The third-order valence-corrected chi connectivity index (χ3v) is 6.19. The largest absolute Gasteiger partial charge is 0.464 e. The molecule has 0 spiro atoms. The van der Waals surface area contributed by atoms with Crippen molar-refractivity contribution in [1.82, 2.24) is 25.1 Å². The molecule has 2 atom stereocenters. The van der Waals surface area contributed by atoms with Crippen molar-refractivity contribution in [3.05, 3.63) is 65.9 Å². The molecule has 0 bridgehead atoms. The van der Waals surface area contributed by atoms with Gasteiger partial charge >= 0.3 is 0 Å². The van der Waals surface area contributed by atoms with Crippen LogP contribution in [0, 0.1) is 12.8 Å². The molecule has 8 nitrogen and oxygen atoms in total. The minimum absolute atomic E-state index is 0.00529. The predicted molar refractivity (Wildman–Crippen MR) is 130 cm³/mol. The summed E-state index contributed by atoms with van der Waals surface area (Å²) in [6, 6.07) is 11.0. The number of hydrogen-bond donors (Lipinski definition) is 2. The molecule has 1 fully saturated rings. The Labute approximate surface area is 200 Å². The number of rotatable bonds is 7. The molecule has 3 heterocycles. The quantitative estimate of drug-likeness (QED) is 0.560. The number of aromatic nitrogens is 2. The van der Waals surface area contributed by atoms with E-state index in [1.54, 1.807) is 11.2 Å². The Kier molecular flexibility index (Phi) is 7.17. The predicted octanol–water partition coefficient (Wildman–Crippen LogP) is 3.35. The molecule has 3 aromatic rings. The van der Waals surface area contributed by atoms with E-state index in [4.69, 9.17) is 4.42 Å². The van der Waals surface area contributed by atoms with E-state index in [0.29, 0.717) is 26.2 Å². The molecule has 0 saturated carbocycles. The maximum Gasteiger partial charge on any atom is 0.244 e. The van der Waals surface area contributed by atoms with Crippen molar-refractivity contribution in [2.45, 2.75) is 52.9 Å². The lowest BCUT2D eigenvalue weighted by Gasteiger charge is -2.45. The van der Waals surface area contributed by atoms with Gasteiger partial charge in [0.1, 0.15) is 17.6 Å². The normalized spacial score (nSPS) is 18.9. The highest BCUT2D eigenvalue weighted by Crippen LogP contribution is 2.22. The first kappa shape index (κ1) is 23.8. The smallest absolute Gasteiger partial charge is 0.244 e. The highest BCUT2D eigenvalue weighted by molar-refractivity contribution is 5.89. The van der Waals surface area contributed by atoms with Crippen LogP contribution >= 0.6 is 0 Å². The van der Waals surface area contributed by atoms with E-state index in [-0.39, 0.29) is 23.8 Å². The van der Waals surface area contributed by atoms with Gasteiger partial charge in [0.25, 0.3) is 0 Å². The van der Waals surface area contributed by atoms with Crippen LogP contribution in [0.25, 0.3) is 11.3 Å². The van der Waals surface area contributed by atoms with Gasteiger partial charge in [-0.1, -0.05) is 38.1 Å². The molecule has 8 heteroatoms. The molecule has 1 aliphatic heterocycles. The molecule has 2 unspecified atom stereocenters. The molecule has 34 heavy (non-hydrogen) atoms. The summed E-state index contributed by atoms with van der Waals surface area (Å²) in [5.74, 6) is 1.36. The molecule has 180 valence electrons. The molecule has 2 N–H and O–H groups in total. The Morgan fingerprint density at radius 3 is 2.59 bits per heavy atom. The number of furan rings is 1. The van der Waals surface area contributed by atoms with Crippen LogP contribution in [0.1, 0.15) is 37.9 Å². The number of nitrogens with zero attached hydrogens (tertiary/aromatic N) is 3. The molecule has 2 aromatic heterocycles. The fourth-order valence-corrected chi connectivity index (χ4v) is 4.50. The number of aryl methyl sites for hydroxylation is 1. The minimum atomic E-state index is -0.555. The van der Waals surface area contributed by atoms with Crippen molar-refractivity contribution >= 4 is 11.8 Å². The van der Waals surface area contributed by atoms with Gasteiger partial charge in [0.15, 0.2) is 0 Å². The van der Waals surface area contributed by atoms with Gasteiger partial charge in [-0.2, -0.15) is 0 Å². The van der Waals surface area contributed by atoms with Gasteiger partial charge < -0.3 is 19.6 Å². The van der Waals surface area contributed by atoms with Gasteiger partial charge in [-0.15, -0.1) is 0 Å². The van der Waals surface area contributed by atoms with Crippen molar-refractivity contribution in [2.75, 3.05) is 13.1 Å². The Morgan fingerprint density at radius 2 is 1.97 bits per heavy atom. The minimum Gasteiger partial charge on any atom is -0.464 e. The average Bonchev–Trinajstić information content (AvgIpc) is 3.49. The van der Waals surface area contributed by atoms with Gasteiger partial charge in [0.05, 0.1) is 12.0 Å². The highest BCUT2D eigenvalue weighted by atomic mass is 16.3. The number of H-pyrrole nitrogens is 1. The van der Waals surface area contributed by atoms with E-state index in [1.807, 2.05) is 70.3 Å². The maximum absolute atomic E-state index is 13.3. The lowest BCUT2D eigenvalue weighted by molar-refractivity contribution is -0.150. The first-order valence-electron chi connectivity index (χ1n) is 11.8. The monoisotopic (exact) mass is 463 g/mol. The molecule has 1 aliphatic rings. The number of carbonyl (C=O) groups is 2. The molecule has 4 rings (SSSR count). The molecule has 0 aliphatic carbocycles. The van der Waals surface area contributed by atoms with Gasteiger partial charge in [0.2, 0.25) is 11.8 Å². The zero-order valence-electron chi connectivity index (χ0n) is 20.2. The summed E-state index contributed by atoms with van der Waals surface area (Å²) in [5, 5.41) is 3.05. The molecular weight excluding hydrogens is 430 g/mol. The van der Waals surface area contributed by atoms with Crippen molar-refractivity contribution < 1.29 is 14.0 Å². The Hall–Kier alpha value is -3.39. The first-order valence-corrected chi connectivity index (χ1v) is 11.8. The third-order valence-electron chi connectivity index (χ3n) is 6.19. The molecule has 1 saturated heterocycles. The molecule has 2 amide bonds. The first-order chi connectivity index (χ1) is 16.3. The molecule has 0 radical (unpaired) electrons. The van der Waals surface area contributed by atoms with Crippen LogP contribution in [0.5, 0.6) is 0 Å². The number of aromatic amines is 1. The summed E-state index contributed by atoms with van der Waals surface area (Å²) in [6.45, 7) is 9.88. The summed E-state index contributed by atoms with van der Waals surface area (Å²) in [4.78, 5) is 37.9. The third kappa shape index (κ3) is 5.39. The van der Waals surface area contributed by atoms with Crippen molar-refractivity contribution in [3.8, 4) is 11.3 Å². The summed E-state index contributed by atoms with van der Waals surface area (Å²) in [5.41, 5.74) is 2.90. The summed E-state index contributed by atoms with van der Waals surface area (Å²) < 4.78 is 5.44. The van der Waals surface area contributed by atoms with Crippen LogP contribution in [-0.2, 0) is 22.7 Å². The second kappa shape index (κ2) is 10.3. The Morgan fingerprint density at radius 1 is 1.21 bits per heavy atom. The van der Waals surface area contributed by atoms with E-state index < -0.39 is 6.04 Å². The van der Waals surface area contributed by atoms with E-state index in [1.165, 1.54) is 0 Å². The Bertz CT molecular complexity index is 1100. The maximum atomic E-state index is 13.3. The van der Waals surface area contributed by atoms with Crippen LogP contribution in [-0.4, -0.2) is 56.8 Å². The average molecular weight is 464 g/mol. The van der Waals surface area contributed by atoms with Gasteiger partial charge in [-0.05, 0) is 31.5 Å². The van der Waals surface area contributed by atoms with Gasteiger partial charge in [-0.25, -0.2) is 4.98 Å². The lowest BCUT2D eigenvalue weighted by Crippen LogP contribution is -2.64. The second-order valence-corrected chi connectivity index (χ2v) is 9.33. The van der Waals surface area contributed by atoms with Crippen LogP contribution in [0.15, 0.2) is 53.3 Å². The summed E-state index contributed by atoms with van der Waals surface area (Å²) in [6.07, 6.45) is 3.54. The van der Waals surface area contributed by atoms with Crippen LogP contribution in [0.2, 0.25) is 0 Å². The van der Waals surface area contributed by atoms with Crippen molar-refractivity contribution in [1.29, 1.82) is 0 Å². The Balaban J connectivity index is 1.45. The zero-order chi connectivity index (χ0) is 24.2. The molecule has 1 aromatic carbocycles. The second-order valence-electron chi connectivity index (χ2n) is 9.33. The van der Waals surface area contributed by atoms with E-state index in [2.05, 4.69) is 20.2 Å². The SMILES string of the molecule is Cc1nc(CN2CC(C)N(C(=O)C(C)C)C(C(=O)NCc3ccc(-c4ccco4)cc3)C2)c[nH]1. The van der Waals surface area contributed by atoms with Crippen LogP contribution in [0.3, 0.4) is 0 Å². The van der Waals surface area contributed by atoms with Crippen molar-refractivity contribution in [3.63, 3.8) is 0 Å². The summed E-state index contributed by atoms with van der Waals surface area (Å²) >= 11 is 0. The number of imidazole rings is 1. The zero-order valence-corrected chi connectivity index (χ0v) is 20.2.